The summed E-state index contributed by atoms with van der Waals surface area (Å²) in [5, 5.41) is 13.6. The molecule has 0 atom stereocenters. The van der Waals surface area contributed by atoms with Crippen molar-refractivity contribution in [2.45, 2.75) is 25.0 Å². The summed E-state index contributed by atoms with van der Waals surface area (Å²) in [6, 6.07) is 12.8. The van der Waals surface area contributed by atoms with Gasteiger partial charge in [0.15, 0.2) is 11.6 Å². The van der Waals surface area contributed by atoms with Gasteiger partial charge in [0.25, 0.3) is 0 Å². The highest BCUT2D eigenvalue weighted by Gasteiger charge is 2.28. The molecule has 0 radical (unpaired) electrons. The number of aliphatic hydroxyl groups is 1. The van der Waals surface area contributed by atoms with Crippen molar-refractivity contribution < 1.29 is 19.0 Å². The van der Waals surface area contributed by atoms with Gasteiger partial charge in [-0.1, -0.05) is 35.5 Å². The first-order valence-electron chi connectivity index (χ1n) is 11.0. The van der Waals surface area contributed by atoms with Gasteiger partial charge in [0.1, 0.15) is 10.8 Å². The van der Waals surface area contributed by atoms with E-state index in [9.17, 15) is 14.3 Å². The number of thioether (sulfide) groups is 1. The number of amides is 1. The molecule has 1 amide bonds. The minimum absolute atomic E-state index is 0.0535. The van der Waals surface area contributed by atoms with Crippen molar-refractivity contribution in [2.24, 2.45) is 0 Å². The summed E-state index contributed by atoms with van der Waals surface area (Å²) in [7, 11) is 0. The Morgan fingerprint density at radius 3 is 2.69 bits per heavy atom. The third-order valence-electron chi connectivity index (χ3n) is 5.64. The zero-order valence-corrected chi connectivity index (χ0v) is 20.7. The molecular weight excluding hydrogens is 503 g/mol. The molecule has 0 spiro atoms. The normalized spacial score (nSPS) is 11.9. The minimum atomic E-state index is -0.380. The summed E-state index contributed by atoms with van der Waals surface area (Å²) in [5.74, 6) is 0.684. The van der Waals surface area contributed by atoms with Crippen LogP contribution >= 0.6 is 23.4 Å². The van der Waals surface area contributed by atoms with E-state index in [2.05, 4.69) is 15.3 Å². The second-order valence-corrected chi connectivity index (χ2v) is 9.44. The van der Waals surface area contributed by atoms with Crippen molar-refractivity contribution in [2.75, 3.05) is 11.1 Å². The molecule has 0 aliphatic carbocycles. The molecule has 0 unspecified atom stereocenters. The van der Waals surface area contributed by atoms with E-state index in [0.717, 1.165) is 5.56 Å². The van der Waals surface area contributed by atoms with Gasteiger partial charge in [0.05, 0.1) is 28.6 Å². The predicted octanol–water partition coefficient (Wildman–Crippen LogP) is 5.56. The standard InChI is InChI=1S/C26H20ClFN4O3S/c1-14-23-19(15(12-33)11-29-14)10-20-25(35-23)31-24(18-4-2-3-5-21(18)27)32-26(20)36-13-22(34)30-17-8-6-16(28)7-9-17/h2-9,11,33H,10,12-13H2,1H3,(H,30,34). The number of carbonyl (C=O) groups is 1. The van der Waals surface area contributed by atoms with Crippen LogP contribution in [0.4, 0.5) is 10.1 Å². The lowest BCUT2D eigenvalue weighted by Crippen LogP contribution is -2.16. The lowest BCUT2D eigenvalue weighted by molar-refractivity contribution is -0.113. The highest BCUT2D eigenvalue weighted by Crippen LogP contribution is 2.43. The van der Waals surface area contributed by atoms with Crippen LogP contribution in [0.2, 0.25) is 5.02 Å². The van der Waals surface area contributed by atoms with Gasteiger partial charge in [-0.25, -0.2) is 9.37 Å². The number of halogens is 2. The summed E-state index contributed by atoms with van der Waals surface area (Å²) in [5.41, 5.74) is 3.98. The molecule has 36 heavy (non-hydrogen) atoms. The highest BCUT2D eigenvalue weighted by molar-refractivity contribution is 8.00. The Kier molecular flexibility index (Phi) is 6.86. The summed E-state index contributed by atoms with van der Waals surface area (Å²) < 4.78 is 19.4. The molecule has 0 saturated heterocycles. The Hall–Kier alpha value is -3.53. The Bertz CT molecular complexity index is 1470. The second-order valence-electron chi connectivity index (χ2n) is 8.07. The monoisotopic (exact) mass is 522 g/mol. The fourth-order valence-electron chi connectivity index (χ4n) is 3.84. The van der Waals surface area contributed by atoms with Crippen LogP contribution in [0, 0.1) is 12.7 Å². The van der Waals surface area contributed by atoms with E-state index in [4.69, 9.17) is 21.3 Å². The lowest BCUT2D eigenvalue weighted by atomic mass is 9.99. The molecule has 0 bridgehead atoms. The van der Waals surface area contributed by atoms with Crippen molar-refractivity contribution in [1.29, 1.82) is 0 Å². The van der Waals surface area contributed by atoms with E-state index < -0.39 is 0 Å². The van der Waals surface area contributed by atoms with Gasteiger partial charge in [0, 0.05) is 35.0 Å². The molecule has 182 valence electrons. The molecule has 7 nitrogen and oxygen atoms in total. The fraction of sp³-hybridized carbons (Fsp3) is 0.154. The number of ether oxygens (including phenoxy) is 1. The van der Waals surface area contributed by atoms with Crippen molar-refractivity contribution in [3.05, 3.63) is 88.0 Å². The number of aliphatic hydroxyl groups excluding tert-OH is 1. The molecule has 2 aromatic heterocycles. The molecule has 2 aromatic carbocycles. The largest absolute Gasteiger partial charge is 0.436 e. The molecule has 0 fully saturated rings. The molecule has 10 heteroatoms. The topological polar surface area (TPSA) is 97.2 Å². The number of pyridine rings is 1. The Balaban J connectivity index is 1.50. The second kappa shape index (κ2) is 10.2. The van der Waals surface area contributed by atoms with Gasteiger partial charge in [-0.2, -0.15) is 4.98 Å². The van der Waals surface area contributed by atoms with Crippen LogP contribution in [0.1, 0.15) is 22.4 Å². The van der Waals surface area contributed by atoms with E-state index in [1.807, 2.05) is 25.1 Å². The van der Waals surface area contributed by atoms with Gasteiger partial charge in [-0.3, -0.25) is 9.78 Å². The van der Waals surface area contributed by atoms with Crippen molar-refractivity contribution in [1.82, 2.24) is 15.0 Å². The number of anilines is 1. The lowest BCUT2D eigenvalue weighted by Gasteiger charge is -2.24. The zero-order valence-electron chi connectivity index (χ0n) is 19.1. The molecule has 3 heterocycles. The first kappa shape index (κ1) is 24.2. The van der Waals surface area contributed by atoms with Crippen LogP contribution in [0.15, 0.2) is 59.8 Å². The summed E-state index contributed by atoms with van der Waals surface area (Å²) in [6.45, 7) is 1.64. The number of fused-ring (bicyclic) bond motifs is 2. The fourth-order valence-corrected chi connectivity index (χ4v) is 4.89. The van der Waals surface area contributed by atoms with Crippen LogP contribution in [-0.2, 0) is 17.8 Å². The number of benzene rings is 2. The van der Waals surface area contributed by atoms with Gasteiger partial charge < -0.3 is 15.2 Å². The molecule has 5 rings (SSSR count). The summed E-state index contributed by atoms with van der Waals surface area (Å²) in [4.78, 5) is 26.3. The number of hydrogen-bond acceptors (Lipinski definition) is 7. The third-order valence-corrected chi connectivity index (χ3v) is 6.99. The smallest absolute Gasteiger partial charge is 0.234 e. The number of carbonyl (C=O) groups excluding carboxylic acids is 1. The van der Waals surface area contributed by atoms with E-state index in [1.54, 1.807) is 12.3 Å². The maximum Gasteiger partial charge on any atom is 0.234 e. The van der Waals surface area contributed by atoms with E-state index in [-0.39, 0.29) is 24.1 Å². The van der Waals surface area contributed by atoms with E-state index in [1.165, 1.54) is 36.0 Å². The highest BCUT2D eigenvalue weighted by atomic mass is 35.5. The van der Waals surface area contributed by atoms with Crippen LogP contribution in [0.3, 0.4) is 0 Å². The third kappa shape index (κ3) is 4.90. The molecule has 2 N–H and O–H groups in total. The SMILES string of the molecule is Cc1ncc(CO)c2c1Oc1nc(-c3ccccc3Cl)nc(SCC(=O)Nc3ccc(F)cc3)c1C2. The molecule has 1 aliphatic rings. The number of aromatic nitrogens is 3. The number of hydrogen-bond donors (Lipinski definition) is 2. The number of rotatable bonds is 6. The van der Waals surface area contributed by atoms with Gasteiger partial charge in [-0.15, -0.1) is 0 Å². The summed E-state index contributed by atoms with van der Waals surface area (Å²) >= 11 is 7.65. The molecular formula is C26H20ClFN4O3S. The maximum atomic E-state index is 13.2. The average molecular weight is 523 g/mol. The van der Waals surface area contributed by atoms with Gasteiger partial charge in [-0.05, 0) is 43.3 Å². The maximum absolute atomic E-state index is 13.2. The quantitative estimate of drug-likeness (QED) is 0.222. The van der Waals surface area contributed by atoms with Crippen LogP contribution in [0.5, 0.6) is 11.6 Å². The first-order chi connectivity index (χ1) is 17.4. The van der Waals surface area contributed by atoms with Gasteiger partial charge in [0.2, 0.25) is 11.8 Å². The van der Waals surface area contributed by atoms with E-state index in [0.29, 0.717) is 62.0 Å². The minimum Gasteiger partial charge on any atom is -0.436 e. The first-order valence-corrected chi connectivity index (χ1v) is 12.4. The van der Waals surface area contributed by atoms with Crippen LogP contribution < -0.4 is 10.1 Å². The molecule has 4 aromatic rings. The van der Waals surface area contributed by atoms with Crippen molar-refractivity contribution in [3.63, 3.8) is 0 Å². The Morgan fingerprint density at radius 1 is 1.17 bits per heavy atom. The predicted molar refractivity (Wildman–Crippen MR) is 136 cm³/mol. The molecule has 1 aliphatic heterocycles. The van der Waals surface area contributed by atoms with Crippen LogP contribution in [0.25, 0.3) is 11.4 Å². The zero-order chi connectivity index (χ0) is 25.2. The van der Waals surface area contributed by atoms with Crippen molar-refractivity contribution >= 4 is 35.0 Å². The number of nitrogens with one attached hydrogen (secondary N) is 1. The average Bonchev–Trinajstić information content (AvgIpc) is 2.88. The summed E-state index contributed by atoms with van der Waals surface area (Å²) in [6.07, 6.45) is 2.04. The Morgan fingerprint density at radius 2 is 1.94 bits per heavy atom. The number of aryl methyl sites for hydroxylation is 1. The van der Waals surface area contributed by atoms with Gasteiger partial charge >= 0.3 is 0 Å². The van der Waals surface area contributed by atoms with E-state index >= 15 is 0 Å². The van der Waals surface area contributed by atoms with Crippen LogP contribution in [-0.4, -0.2) is 31.7 Å². The van der Waals surface area contributed by atoms with Crippen molar-refractivity contribution in [3.8, 4) is 23.0 Å². The molecule has 0 saturated carbocycles. The Labute approximate surface area is 215 Å². The number of nitrogens with zero attached hydrogens (tertiary/aromatic N) is 3.